The predicted molar refractivity (Wildman–Crippen MR) is 114 cm³/mol. The van der Waals surface area contributed by atoms with E-state index in [2.05, 4.69) is 15.5 Å². The highest BCUT2D eigenvalue weighted by molar-refractivity contribution is 7.13. The van der Waals surface area contributed by atoms with E-state index in [0.29, 0.717) is 34.4 Å². The first-order valence-electron chi connectivity index (χ1n) is 9.45. The van der Waals surface area contributed by atoms with Crippen LogP contribution in [0.1, 0.15) is 43.9 Å². The molecule has 0 aliphatic carbocycles. The number of nitrogens with zero attached hydrogens (tertiary/aromatic N) is 3. The number of nitrogens with one attached hydrogen (secondary N) is 1. The summed E-state index contributed by atoms with van der Waals surface area (Å²) in [5.41, 5.74) is 0.906. The van der Waals surface area contributed by atoms with Crippen molar-refractivity contribution in [1.82, 2.24) is 15.1 Å². The summed E-state index contributed by atoms with van der Waals surface area (Å²) >= 11 is 7.20. The molecule has 1 aliphatic heterocycles. The van der Waals surface area contributed by atoms with Gasteiger partial charge in [0, 0.05) is 35.3 Å². The SMILES string of the molecule is O=C(Nc1cccc(F)c1)c1nnc([C@@H]2CCCN(C(=O)c3cccc(Cl)c3)C2)s1. The van der Waals surface area contributed by atoms with E-state index in [9.17, 15) is 14.0 Å². The molecule has 0 radical (unpaired) electrons. The Balaban J connectivity index is 1.44. The smallest absolute Gasteiger partial charge is 0.286 e. The molecule has 0 unspecified atom stereocenters. The van der Waals surface area contributed by atoms with Gasteiger partial charge in [0.05, 0.1) is 0 Å². The Morgan fingerprint density at radius 2 is 2.00 bits per heavy atom. The van der Waals surface area contributed by atoms with Crippen molar-refractivity contribution in [3.05, 3.63) is 74.9 Å². The van der Waals surface area contributed by atoms with Crippen molar-refractivity contribution in [3.63, 3.8) is 0 Å². The molecule has 1 saturated heterocycles. The van der Waals surface area contributed by atoms with Crippen molar-refractivity contribution in [2.75, 3.05) is 18.4 Å². The van der Waals surface area contributed by atoms with E-state index in [0.717, 1.165) is 12.8 Å². The summed E-state index contributed by atoms with van der Waals surface area (Å²) in [4.78, 5) is 27.0. The van der Waals surface area contributed by atoms with Gasteiger partial charge in [-0.15, -0.1) is 10.2 Å². The van der Waals surface area contributed by atoms with Crippen LogP contribution in [0.25, 0.3) is 0 Å². The van der Waals surface area contributed by atoms with Crippen molar-refractivity contribution in [1.29, 1.82) is 0 Å². The maximum absolute atomic E-state index is 13.3. The zero-order valence-electron chi connectivity index (χ0n) is 15.8. The fraction of sp³-hybridized carbons (Fsp3) is 0.238. The molecule has 0 spiro atoms. The van der Waals surface area contributed by atoms with Crippen LogP contribution in [0.4, 0.5) is 10.1 Å². The molecule has 154 valence electrons. The van der Waals surface area contributed by atoms with Gasteiger partial charge in [0.15, 0.2) is 0 Å². The minimum Gasteiger partial charge on any atom is -0.338 e. The molecule has 1 atom stereocenters. The molecule has 6 nitrogen and oxygen atoms in total. The van der Waals surface area contributed by atoms with Crippen LogP contribution in [-0.4, -0.2) is 40.0 Å². The van der Waals surface area contributed by atoms with Crippen molar-refractivity contribution >= 4 is 40.4 Å². The lowest BCUT2D eigenvalue weighted by Crippen LogP contribution is -2.39. The second kappa shape index (κ2) is 8.89. The topological polar surface area (TPSA) is 75.2 Å². The fourth-order valence-electron chi connectivity index (χ4n) is 3.41. The zero-order valence-corrected chi connectivity index (χ0v) is 17.4. The van der Waals surface area contributed by atoms with E-state index in [1.165, 1.54) is 29.5 Å². The molecular weight excluding hydrogens is 427 g/mol. The number of hydrogen-bond donors (Lipinski definition) is 1. The standard InChI is InChI=1S/C21H18ClFN4O2S/c22-15-6-1-4-13(10-15)21(29)27-9-3-5-14(12-27)19-25-26-20(30-19)18(28)24-17-8-2-7-16(23)11-17/h1-2,4,6-8,10-11,14H,3,5,9,12H2,(H,24,28)/t14-/m1/s1. The van der Waals surface area contributed by atoms with E-state index in [1.54, 1.807) is 35.2 Å². The first-order valence-corrected chi connectivity index (χ1v) is 10.6. The average Bonchev–Trinajstić information content (AvgIpc) is 3.24. The number of carbonyl (C=O) groups is 2. The summed E-state index contributed by atoms with van der Waals surface area (Å²) in [6.45, 7) is 1.17. The second-order valence-electron chi connectivity index (χ2n) is 7.01. The second-order valence-corrected chi connectivity index (χ2v) is 8.46. The number of carbonyl (C=O) groups excluding carboxylic acids is 2. The van der Waals surface area contributed by atoms with Gasteiger partial charge in [-0.1, -0.05) is 35.1 Å². The maximum atomic E-state index is 13.3. The number of halogens is 2. The molecule has 2 amide bonds. The van der Waals surface area contributed by atoms with E-state index < -0.39 is 11.7 Å². The summed E-state index contributed by atoms with van der Waals surface area (Å²) < 4.78 is 13.3. The summed E-state index contributed by atoms with van der Waals surface area (Å²) in [7, 11) is 0. The van der Waals surface area contributed by atoms with Crippen LogP contribution in [0.3, 0.4) is 0 Å². The summed E-state index contributed by atoms with van der Waals surface area (Å²) in [5, 5.41) is 12.2. The van der Waals surface area contributed by atoms with Crippen LogP contribution in [-0.2, 0) is 0 Å². The highest BCUT2D eigenvalue weighted by Crippen LogP contribution is 2.30. The summed E-state index contributed by atoms with van der Waals surface area (Å²) in [6, 6.07) is 12.6. The Kier molecular flexibility index (Phi) is 6.06. The van der Waals surface area contributed by atoms with E-state index in [-0.39, 0.29) is 16.8 Å². The molecule has 2 heterocycles. The number of hydrogen-bond acceptors (Lipinski definition) is 5. The molecular formula is C21H18ClFN4O2S. The molecule has 2 aromatic carbocycles. The minimum atomic E-state index is -0.438. The van der Waals surface area contributed by atoms with Gasteiger partial charge in [0.1, 0.15) is 10.8 Å². The van der Waals surface area contributed by atoms with E-state index in [1.807, 2.05) is 0 Å². The van der Waals surface area contributed by atoms with Crippen LogP contribution in [0, 0.1) is 5.82 Å². The first kappa shape index (κ1) is 20.4. The van der Waals surface area contributed by atoms with Gasteiger partial charge in [-0.3, -0.25) is 9.59 Å². The maximum Gasteiger partial charge on any atom is 0.286 e. The van der Waals surface area contributed by atoms with Crippen LogP contribution in [0.15, 0.2) is 48.5 Å². The van der Waals surface area contributed by atoms with Crippen LogP contribution < -0.4 is 5.32 Å². The minimum absolute atomic E-state index is 0.00936. The molecule has 1 fully saturated rings. The molecule has 1 aromatic heterocycles. The molecule has 30 heavy (non-hydrogen) atoms. The first-order chi connectivity index (χ1) is 14.5. The highest BCUT2D eigenvalue weighted by atomic mass is 35.5. The molecule has 0 saturated carbocycles. The largest absolute Gasteiger partial charge is 0.338 e. The Morgan fingerprint density at radius 1 is 1.17 bits per heavy atom. The third kappa shape index (κ3) is 4.66. The quantitative estimate of drug-likeness (QED) is 0.638. The Labute approximate surface area is 181 Å². The number of aromatic nitrogens is 2. The number of amides is 2. The zero-order chi connectivity index (χ0) is 21.1. The van der Waals surface area contributed by atoms with Crippen LogP contribution in [0.2, 0.25) is 5.02 Å². The van der Waals surface area contributed by atoms with Gasteiger partial charge < -0.3 is 10.2 Å². The summed E-state index contributed by atoms with van der Waals surface area (Å²) in [6.07, 6.45) is 1.70. The monoisotopic (exact) mass is 444 g/mol. The molecule has 1 N–H and O–H groups in total. The normalized spacial score (nSPS) is 16.3. The van der Waals surface area contributed by atoms with Crippen molar-refractivity contribution in [2.45, 2.75) is 18.8 Å². The van der Waals surface area contributed by atoms with Gasteiger partial charge >= 0.3 is 0 Å². The lowest BCUT2D eigenvalue weighted by molar-refractivity contribution is 0.0706. The molecule has 4 rings (SSSR count). The highest BCUT2D eigenvalue weighted by Gasteiger charge is 2.28. The molecule has 0 bridgehead atoms. The van der Waals surface area contributed by atoms with E-state index in [4.69, 9.17) is 11.6 Å². The fourth-order valence-corrected chi connectivity index (χ4v) is 4.46. The lowest BCUT2D eigenvalue weighted by Gasteiger charge is -2.31. The Hall–Kier alpha value is -2.84. The van der Waals surface area contributed by atoms with Crippen LogP contribution >= 0.6 is 22.9 Å². The third-order valence-corrected chi connectivity index (χ3v) is 6.17. The van der Waals surface area contributed by atoms with Crippen LogP contribution in [0.5, 0.6) is 0 Å². The van der Waals surface area contributed by atoms with Gasteiger partial charge in [0.2, 0.25) is 5.01 Å². The van der Waals surface area contributed by atoms with Gasteiger partial charge in [0.25, 0.3) is 11.8 Å². The molecule has 1 aliphatic rings. The number of piperidine rings is 1. The number of likely N-dealkylation sites (tertiary alicyclic amines) is 1. The predicted octanol–water partition coefficient (Wildman–Crippen LogP) is 4.60. The average molecular weight is 445 g/mol. The van der Waals surface area contributed by atoms with Crippen molar-refractivity contribution < 1.29 is 14.0 Å². The Bertz CT molecular complexity index is 1090. The van der Waals surface area contributed by atoms with Crippen molar-refractivity contribution in [2.24, 2.45) is 0 Å². The molecule has 9 heteroatoms. The summed E-state index contributed by atoms with van der Waals surface area (Å²) in [5.74, 6) is -0.935. The Morgan fingerprint density at radius 3 is 2.80 bits per heavy atom. The lowest BCUT2D eigenvalue weighted by atomic mass is 9.98. The number of rotatable bonds is 4. The van der Waals surface area contributed by atoms with E-state index >= 15 is 0 Å². The van der Waals surface area contributed by atoms with Gasteiger partial charge in [-0.2, -0.15) is 0 Å². The van der Waals surface area contributed by atoms with Gasteiger partial charge in [-0.25, -0.2) is 4.39 Å². The van der Waals surface area contributed by atoms with Gasteiger partial charge in [-0.05, 0) is 49.2 Å². The van der Waals surface area contributed by atoms with Crippen molar-refractivity contribution in [3.8, 4) is 0 Å². The molecule has 3 aromatic rings. The number of anilines is 1. The third-order valence-electron chi connectivity index (χ3n) is 4.85. The number of benzene rings is 2.